The minimum atomic E-state index is 0.662. The third kappa shape index (κ3) is 5.20. The van der Waals surface area contributed by atoms with Crippen LogP contribution in [0.15, 0.2) is 73.2 Å². The Balaban J connectivity index is 2.02. The van der Waals surface area contributed by atoms with Gasteiger partial charge in [0.1, 0.15) is 11.5 Å². The molecule has 0 atom stereocenters. The average Bonchev–Trinajstić information content (AvgIpc) is 2.57. The van der Waals surface area contributed by atoms with Gasteiger partial charge >= 0.3 is 0 Å². The first-order valence-corrected chi connectivity index (χ1v) is 8.15. The Bertz CT molecular complexity index is 559. The van der Waals surface area contributed by atoms with Gasteiger partial charge in [0.2, 0.25) is 0 Å². The molecule has 0 aromatic heterocycles. The highest BCUT2D eigenvalue weighted by atomic mass is 32.1. The fourth-order valence-electron chi connectivity index (χ4n) is 1.79. The molecule has 2 aromatic carbocycles. The van der Waals surface area contributed by atoms with Crippen LogP contribution in [0.5, 0.6) is 11.5 Å². The second-order valence-corrected chi connectivity index (χ2v) is 5.12. The SMILES string of the molecule is SCC=COc1ccc(-c2ccc(OC=CCS)cc2)cc1. The Labute approximate surface area is 142 Å². The van der Waals surface area contributed by atoms with Crippen molar-refractivity contribution in [2.75, 3.05) is 11.5 Å². The van der Waals surface area contributed by atoms with Gasteiger partial charge in [0.05, 0.1) is 12.5 Å². The van der Waals surface area contributed by atoms with Gasteiger partial charge in [-0.3, -0.25) is 0 Å². The molecule has 0 spiro atoms. The van der Waals surface area contributed by atoms with E-state index in [2.05, 4.69) is 25.3 Å². The quantitative estimate of drug-likeness (QED) is 0.550. The van der Waals surface area contributed by atoms with Crippen molar-refractivity contribution in [2.45, 2.75) is 0 Å². The van der Waals surface area contributed by atoms with Crippen molar-refractivity contribution in [3.63, 3.8) is 0 Å². The molecule has 2 rings (SSSR count). The second-order valence-electron chi connectivity index (χ2n) is 4.39. The summed E-state index contributed by atoms with van der Waals surface area (Å²) >= 11 is 8.16. The van der Waals surface area contributed by atoms with E-state index >= 15 is 0 Å². The molecule has 0 saturated carbocycles. The van der Waals surface area contributed by atoms with Crippen molar-refractivity contribution in [1.29, 1.82) is 0 Å². The standard InChI is InChI=1S/C18H18O2S2/c21-13-1-11-19-17-7-3-15(4-8-17)16-5-9-18(10-6-16)20-12-2-14-22/h1-12,21-22H,13-14H2. The minimum absolute atomic E-state index is 0.662. The van der Waals surface area contributed by atoms with Gasteiger partial charge in [-0.15, -0.1) is 0 Å². The van der Waals surface area contributed by atoms with E-state index in [1.165, 1.54) is 0 Å². The van der Waals surface area contributed by atoms with E-state index in [9.17, 15) is 0 Å². The maximum atomic E-state index is 5.45. The second kappa shape index (κ2) is 9.28. The van der Waals surface area contributed by atoms with Gasteiger partial charge in [0, 0.05) is 11.5 Å². The lowest BCUT2D eigenvalue weighted by Crippen LogP contribution is -1.84. The first-order valence-electron chi connectivity index (χ1n) is 6.89. The van der Waals surface area contributed by atoms with E-state index < -0.39 is 0 Å². The van der Waals surface area contributed by atoms with Crippen LogP contribution in [0.25, 0.3) is 11.1 Å². The molecule has 0 heterocycles. The third-order valence-electron chi connectivity index (χ3n) is 2.85. The molecule has 0 amide bonds. The number of rotatable bonds is 7. The molecule has 2 aromatic rings. The summed E-state index contributed by atoms with van der Waals surface area (Å²) in [5.41, 5.74) is 2.26. The van der Waals surface area contributed by atoms with Crippen LogP contribution >= 0.6 is 25.3 Å². The molecule has 0 radical (unpaired) electrons. The molecule has 0 fully saturated rings. The van der Waals surface area contributed by atoms with Crippen molar-refractivity contribution < 1.29 is 9.47 Å². The van der Waals surface area contributed by atoms with Crippen LogP contribution in [0.1, 0.15) is 0 Å². The molecule has 0 aliphatic rings. The fraction of sp³-hybridized carbons (Fsp3) is 0.111. The first-order chi connectivity index (χ1) is 10.8. The summed E-state index contributed by atoms with van der Waals surface area (Å²) in [5, 5.41) is 0. The smallest absolute Gasteiger partial charge is 0.126 e. The zero-order chi connectivity index (χ0) is 15.6. The summed E-state index contributed by atoms with van der Waals surface area (Å²) in [4.78, 5) is 0. The predicted octanol–water partition coefficient (Wildman–Crippen LogP) is 5.00. The normalized spacial score (nSPS) is 11.2. The van der Waals surface area contributed by atoms with Gasteiger partial charge < -0.3 is 9.47 Å². The minimum Gasteiger partial charge on any atom is -0.465 e. The maximum absolute atomic E-state index is 5.45. The van der Waals surface area contributed by atoms with Crippen LogP contribution in [-0.4, -0.2) is 11.5 Å². The highest BCUT2D eigenvalue weighted by Gasteiger charge is 1.99. The van der Waals surface area contributed by atoms with Crippen LogP contribution in [0.2, 0.25) is 0 Å². The zero-order valence-corrected chi connectivity index (χ0v) is 13.8. The molecule has 0 saturated heterocycles. The Hall–Kier alpha value is -1.78. The molecule has 0 N–H and O–H groups in total. The molecule has 0 bridgehead atoms. The Morgan fingerprint density at radius 1 is 0.636 bits per heavy atom. The van der Waals surface area contributed by atoms with Gasteiger partial charge in [-0.25, -0.2) is 0 Å². The molecule has 0 aliphatic heterocycles. The topological polar surface area (TPSA) is 18.5 Å². The van der Waals surface area contributed by atoms with Crippen molar-refractivity contribution >= 4 is 25.3 Å². The Kier molecular flexibility index (Phi) is 7.00. The molecule has 22 heavy (non-hydrogen) atoms. The number of hydrogen-bond donors (Lipinski definition) is 2. The van der Waals surface area contributed by atoms with Gasteiger partial charge in [-0.05, 0) is 47.5 Å². The van der Waals surface area contributed by atoms with E-state index in [0.29, 0.717) is 11.5 Å². The molecular weight excluding hydrogens is 312 g/mol. The maximum Gasteiger partial charge on any atom is 0.126 e. The van der Waals surface area contributed by atoms with E-state index in [0.717, 1.165) is 22.6 Å². The lowest BCUT2D eigenvalue weighted by molar-refractivity contribution is 0.480. The van der Waals surface area contributed by atoms with Crippen LogP contribution in [0.4, 0.5) is 0 Å². The highest BCUT2D eigenvalue weighted by Crippen LogP contribution is 2.24. The monoisotopic (exact) mass is 330 g/mol. The van der Waals surface area contributed by atoms with E-state index in [1.54, 1.807) is 12.5 Å². The van der Waals surface area contributed by atoms with E-state index in [-0.39, 0.29) is 0 Å². The van der Waals surface area contributed by atoms with Gasteiger partial charge in [-0.2, -0.15) is 25.3 Å². The number of thiol groups is 2. The largest absolute Gasteiger partial charge is 0.465 e. The summed E-state index contributed by atoms with van der Waals surface area (Å²) < 4.78 is 10.9. The van der Waals surface area contributed by atoms with Gasteiger partial charge in [0.25, 0.3) is 0 Å². The Morgan fingerprint density at radius 2 is 1.00 bits per heavy atom. The molecule has 4 heteroatoms. The highest BCUT2D eigenvalue weighted by molar-refractivity contribution is 7.80. The van der Waals surface area contributed by atoms with E-state index in [1.807, 2.05) is 60.7 Å². The van der Waals surface area contributed by atoms with Gasteiger partial charge in [0.15, 0.2) is 0 Å². The first kappa shape index (κ1) is 16.6. The molecule has 0 aliphatic carbocycles. The van der Waals surface area contributed by atoms with Crippen LogP contribution < -0.4 is 9.47 Å². The summed E-state index contributed by atoms with van der Waals surface area (Å²) in [5.74, 6) is 2.93. The van der Waals surface area contributed by atoms with Crippen LogP contribution in [-0.2, 0) is 0 Å². The number of ether oxygens (including phenoxy) is 2. The summed E-state index contributed by atoms with van der Waals surface area (Å²) in [6, 6.07) is 15.9. The molecule has 2 nitrogen and oxygen atoms in total. The Morgan fingerprint density at radius 3 is 1.32 bits per heavy atom. The van der Waals surface area contributed by atoms with Crippen LogP contribution in [0.3, 0.4) is 0 Å². The zero-order valence-electron chi connectivity index (χ0n) is 12.1. The fourth-order valence-corrected chi connectivity index (χ4v) is 1.96. The number of hydrogen-bond acceptors (Lipinski definition) is 4. The summed E-state index contributed by atoms with van der Waals surface area (Å²) in [7, 11) is 0. The lowest BCUT2D eigenvalue weighted by Gasteiger charge is -2.05. The summed E-state index contributed by atoms with van der Waals surface area (Å²) in [6.07, 6.45) is 6.98. The molecule has 0 unspecified atom stereocenters. The van der Waals surface area contributed by atoms with Crippen molar-refractivity contribution in [1.82, 2.24) is 0 Å². The third-order valence-corrected chi connectivity index (χ3v) is 3.28. The average molecular weight is 330 g/mol. The lowest BCUT2D eigenvalue weighted by atomic mass is 10.1. The van der Waals surface area contributed by atoms with Gasteiger partial charge in [-0.1, -0.05) is 24.3 Å². The van der Waals surface area contributed by atoms with Crippen LogP contribution in [0, 0.1) is 0 Å². The van der Waals surface area contributed by atoms with E-state index in [4.69, 9.17) is 9.47 Å². The van der Waals surface area contributed by atoms with Crippen molar-refractivity contribution in [3.05, 3.63) is 73.2 Å². The predicted molar refractivity (Wildman–Crippen MR) is 99.1 cm³/mol. The molecule has 114 valence electrons. The number of benzene rings is 2. The van der Waals surface area contributed by atoms with Crippen molar-refractivity contribution in [3.8, 4) is 22.6 Å². The van der Waals surface area contributed by atoms with Crippen molar-refractivity contribution in [2.24, 2.45) is 0 Å². The molecular formula is C18H18O2S2. The summed E-state index contributed by atoms with van der Waals surface area (Å²) in [6.45, 7) is 0.